The number of pyridine rings is 2. The number of rotatable bonds is 1. The van der Waals surface area contributed by atoms with Crippen LogP contribution in [0.2, 0.25) is 0 Å². The molecule has 0 bridgehead atoms. The molecule has 1 aliphatic carbocycles. The van der Waals surface area contributed by atoms with Crippen LogP contribution < -0.4 is 0 Å². The van der Waals surface area contributed by atoms with Crippen LogP contribution in [0.1, 0.15) is 37.8 Å². The van der Waals surface area contributed by atoms with E-state index in [9.17, 15) is 5.11 Å². The summed E-state index contributed by atoms with van der Waals surface area (Å²) in [6.07, 6.45) is 6.77. The molecule has 1 aliphatic rings. The van der Waals surface area contributed by atoms with Gasteiger partial charge in [-0.05, 0) is 25.0 Å². The lowest BCUT2D eigenvalue weighted by Gasteiger charge is -2.31. The zero-order valence-electron chi connectivity index (χ0n) is 11.9. The van der Waals surface area contributed by atoms with E-state index in [4.69, 9.17) is 4.98 Å². The van der Waals surface area contributed by atoms with Crippen LogP contribution >= 0.6 is 0 Å². The van der Waals surface area contributed by atoms with E-state index in [2.05, 4.69) is 23.2 Å². The summed E-state index contributed by atoms with van der Waals surface area (Å²) in [5.74, 6) is 0. The maximum atomic E-state index is 10.9. The standard InChI is InChI=1S/C18H18N2O/c21-18(10-2-1-3-11-18)15-9-8-14-7-6-13-5-4-12-19-16(13)17(14)20-15/h4-9,12,21H,1-3,10-11H2. The van der Waals surface area contributed by atoms with Crippen molar-refractivity contribution in [2.75, 3.05) is 0 Å². The van der Waals surface area contributed by atoms with Gasteiger partial charge in [-0.3, -0.25) is 4.98 Å². The van der Waals surface area contributed by atoms with E-state index in [1.807, 2.05) is 18.2 Å². The van der Waals surface area contributed by atoms with E-state index < -0.39 is 5.60 Å². The summed E-state index contributed by atoms with van der Waals surface area (Å²) in [6.45, 7) is 0. The summed E-state index contributed by atoms with van der Waals surface area (Å²) >= 11 is 0. The lowest BCUT2D eigenvalue weighted by atomic mass is 9.82. The highest BCUT2D eigenvalue weighted by atomic mass is 16.3. The van der Waals surface area contributed by atoms with Gasteiger partial charge in [0.25, 0.3) is 0 Å². The minimum atomic E-state index is -0.761. The third kappa shape index (κ3) is 2.09. The smallest absolute Gasteiger partial charge is 0.107 e. The van der Waals surface area contributed by atoms with Gasteiger partial charge in [0.2, 0.25) is 0 Å². The second kappa shape index (κ2) is 4.78. The maximum Gasteiger partial charge on any atom is 0.107 e. The molecular formula is C18H18N2O. The molecule has 1 fully saturated rings. The fourth-order valence-corrected chi connectivity index (χ4v) is 3.38. The summed E-state index contributed by atoms with van der Waals surface area (Å²) < 4.78 is 0. The van der Waals surface area contributed by atoms with Crippen molar-refractivity contribution in [2.24, 2.45) is 0 Å². The monoisotopic (exact) mass is 278 g/mol. The van der Waals surface area contributed by atoms with E-state index in [1.165, 1.54) is 6.42 Å². The predicted molar refractivity (Wildman–Crippen MR) is 84.0 cm³/mol. The van der Waals surface area contributed by atoms with Crippen LogP contribution in [-0.2, 0) is 5.60 Å². The molecule has 4 rings (SSSR count). The molecule has 0 atom stereocenters. The van der Waals surface area contributed by atoms with Crippen molar-refractivity contribution >= 4 is 21.8 Å². The number of hydrogen-bond acceptors (Lipinski definition) is 3. The summed E-state index contributed by atoms with van der Waals surface area (Å²) in [4.78, 5) is 9.26. The zero-order chi connectivity index (χ0) is 14.3. The first-order valence-corrected chi connectivity index (χ1v) is 7.64. The molecule has 0 saturated heterocycles. The first kappa shape index (κ1) is 12.7. The number of aromatic nitrogens is 2. The Morgan fingerprint density at radius 3 is 2.38 bits per heavy atom. The van der Waals surface area contributed by atoms with Crippen LogP contribution in [0.15, 0.2) is 42.6 Å². The van der Waals surface area contributed by atoms with Crippen LogP contribution in [0, 0.1) is 0 Å². The van der Waals surface area contributed by atoms with Crippen LogP contribution in [0.3, 0.4) is 0 Å². The van der Waals surface area contributed by atoms with Gasteiger partial charge in [-0.25, -0.2) is 4.98 Å². The maximum absolute atomic E-state index is 10.9. The van der Waals surface area contributed by atoms with Gasteiger partial charge in [-0.2, -0.15) is 0 Å². The Hall–Kier alpha value is -2.00. The minimum Gasteiger partial charge on any atom is -0.384 e. The molecule has 3 heteroatoms. The number of nitrogens with zero attached hydrogens (tertiary/aromatic N) is 2. The number of hydrogen-bond donors (Lipinski definition) is 1. The van der Waals surface area contributed by atoms with Crippen LogP contribution in [-0.4, -0.2) is 15.1 Å². The Kier molecular flexibility index (Phi) is 2.89. The summed E-state index contributed by atoms with van der Waals surface area (Å²) in [5.41, 5.74) is 1.84. The molecule has 3 aromatic rings. The Morgan fingerprint density at radius 1 is 0.857 bits per heavy atom. The van der Waals surface area contributed by atoms with Gasteiger partial charge < -0.3 is 5.11 Å². The highest BCUT2D eigenvalue weighted by Crippen LogP contribution is 2.37. The Morgan fingerprint density at radius 2 is 1.57 bits per heavy atom. The van der Waals surface area contributed by atoms with E-state index in [0.29, 0.717) is 0 Å². The summed E-state index contributed by atoms with van der Waals surface area (Å²) in [6, 6.07) is 12.2. The molecular weight excluding hydrogens is 260 g/mol. The number of fused-ring (bicyclic) bond motifs is 3. The van der Waals surface area contributed by atoms with Crippen molar-refractivity contribution in [2.45, 2.75) is 37.7 Å². The van der Waals surface area contributed by atoms with Crippen molar-refractivity contribution in [3.05, 3.63) is 48.3 Å². The predicted octanol–water partition coefficient (Wildman–Crippen LogP) is 3.93. The van der Waals surface area contributed by atoms with Crippen molar-refractivity contribution in [3.8, 4) is 0 Å². The molecule has 0 spiro atoms. The topological polar surface area (TPSA) is 46.0 Å². The van der Waals surface area contributed by atoms with Crippen LogP contribution in [0.5, 0.6) is 0 Å². The quantitative estimate of drug-likeness (QED) is 0.686. The average Bonchev–Trinajstić information content (AvgIpc) is 2.55. The van der Waals surface area contributed by atoms with Gasteiger partial charge in [-0.1, -0.05) is 43.5 Å². The molecule has 2 aromatic heterocycles. The summed E-state index contributed by atoms with van der Waals surface area (Å²) in [7, 11) is 0. The highest BCUT2D eigenvalue weighted by molar-refractivity contribution is 6.02. The van der Waals surface area contributed by atoms with Crippen molar-refractivity contribution in [1.29, 1.82) is 0 Å². The molecule has 106 valence electrons. The lowest BCUT2D eigenvalue weighted by molar-refractivity contribution is -0.00433. The molecule has 1 saturated carbocycles. The lowest BCUT2D eigenvalue weighted by Crippen LogP contribution is -2.29. The fourth-order valence-electron chi connectivity index (χ4n) is 3.38. The summed E-state index contributed by atoms with van der Waals surface area (Å²) in [5, 5.41) is 13.1. The fraction of sp³-hybridized carbons (Fsp3) is 0.333. The SMILES string of the molecule is OC1(c2ccc3ccc4cccnc4c3n2)CCCCC1. The van der Waals surface area contributed by atoms with Crippen molar-refractivity contribution in [3.63, 3.8) is 0 Å². The normalized spacial score (nSPS) is 18.1. The highest BCUT2D eigenvalue weighted by Gasteiger charge is 2.32. The molecule has 21 heavy (non-hydrogen) atoms. The molecule has 0 aliphatic heterocycles. The first-order chi connectivity index (χ1) is 10.3. The average molecular weight is 278 g/mol. The Bertz CT molecular complexity index is 807. The van der Waals surface area contributed by atoms with E-state index >= 15 is 0 Å². The number of benzene rings is 1. The zero-order valence-corrected chi connectivity index (χ0v) is 11.9. The third-order valence-corrected chi connectivity index (χ3v) is 4.59. The van der Waals surface area contributed by atoms with Gasteiger partial charge in [0.05, 0.1) is 16.7 Å². The molecule has 2 heterocycles. The van der Waals surface area contributed by atoms with Gasteiger partial charge in [-0.15, -0.1) is 0 Å². The first-order valence-electron chi connectivity index (χ1n) is 7.64. The van der Waals surface area contributed by atoms with Crippen LogP contribution in [0.4, 0.5) is 0 Å². The van der Waals surface area contributed by atoms with E-state index in [1.54, 1.807) is 6.20 Å². The van der Waals surface area contributed by atoms with Crippen molar-refractivity contribution < 1.29 is 5.11 Å². The van der Waals surface area contributed by atoms with Crippen LogP contribution in [0.25, 0.3) is 21.8 Å². The molecule has 3 nitrogen and oxygen atoms in total. The number of aliphatic hydroxyl groups is 1. The van der Waals surface area contributed by atoms with Gasteiger partial charge in [0, 0.05) is 17.0 Å². The van der Waals surface area contributed by atoms with Crippen molar-refractivity contribution in [1.82, 2.24) is 9.97 Å². The molecule has 0 amide bonds. The second-order valence-electron chi connectivity index (χ2n) is 6.00. The molecule has 1 N–H and O–H groups in total. The largest absolute Gasteiger partial charge is 0.384 e. The third-order valence-electron chi connectivity index (χ3n) is 4.59. The van der Waals surface area contributed by atoms with Gasteiger partial charge >= 0.3 is 0 Å². The Labute approximate surface area is 123 Å². The second-order valence-corrected chi connectivity index (χ2v) is 6.00. The van der Waals surface area contributed by atoms with Gasteiger partial charge in [0.1, 0.15) is 5.60 Å². The molecule has 0 radical (unpaired) electrons. The minimum absolute atomic E-state index is 0.761. The van der Waals surface area contributed by atoms with E-state index in [-0.39, 0.29) is 0 Å². The molecule has 1 aromatic carbocycles. The van der Waals surface area contributed by atoms with Gasteiger partial charge in [0.15, 0.2) is 0 Å². The molecule has 0 unspecified atom stereocenters. The van der Waals surface area contributed by atoms with E-state index in [0.717, 1.165) is 53.2 Å². The Balaban J connectivity index is 1.94.